The number of hydrogen-bond acceptors (Lipinski definition) is 2. The fraction of sp³-hybridized carbons (Fsp3) is 0.0435. The van der Waals surface area contributed by atoms with Gasteiger partial charge in [0.1, 0.15) is 11.6 Å². The minimum absolute atomic E-state index is 0.972. The van der Waals surface area contributed by atoms with E-state index in [1.165, 1.54) is 54.6 Å². The van der Waals surface area contributed by atoms with Crippen molar-refractivity contribution in [2.75, 3.05) is 0 Å². The first-order valence-corrected chi connectivity index (χ1v) is 17.0. The highest BCUT2D eigenvalue weighted by Crippen LogP contribution is 2.40. The van der Waals surface area contributed by atoms with Crippen molar-refractivity contribution >= 4 is 54.4 Å². The summed E-state index contributed by atoms with van der Waals surface area (Å²) in [5.74, 6) is 1.94. The van der Waals surface area contributed by atoms with Gasteiger partial charge >= 0.3 is 0 Å². The highest BCUT2D eigenvalue weighted by molar-refractivity contribution is 6.26. The Morgan fingerprint density at radius 3 is 1.16 bits per heavy atom. The summed E-state index contributed by atoms with van der Waals surface area (Å²) in [6.07, 6.45) is 0. The SMILES string of the molecule is Cn1c(-c2cccc(-c3ccc4c5ccc(-c6cccc(-c7nc8ccccc8n7C)c6)cc5c5ccccc5c4c3)c2)nc2ccccc21. The molecule has 0 aliphatic carbocycles. The summed E-state index contributed by atoms with van der Waals surface area (Å²) in [5, 5.41) is 7.55. The van der Waals surface area contributed by atoms with Crippen LogP contribution in [0.25, 0.3) is 99.4 Å². The maximum Gasteiger partial charge on any atom is 0.140 e. The number of imidazole rings is 2. The van der Waals surface area contributed by atoms with Crippen LogP contribution in [0.5, 0.6) is 0 Å². The van der Waals surface area contributed by atoms with Gasteiger partial charge < -0.3 is 9.13 Å². The van der Waals surface area contributed by atoms with Gasteiger partial charge in [-0.05, 0) is 103 Å². The van der Waals surface area contributed by atoms with Crippen LogP contribution < -0.4 is 0 Å². The first kappa shape index (κ1) is 28.5. The second-order valence-corrected chi connectivity index (χ2v) is 13.2. The average Bonchev–Trinajstić information content (AvgIpc) is 3.70. The fourth-order valence-corrected chi connectivity index (χ4v) is 7.80. The summed E-state index contributed by atoms with van der Waals surface area (Å²) in [6.45, 7) is 0. The Balaban J connectivity index is 1.09. The standard InChI is InChI=1S/C46H32N4/c1-49-43-19-7-5-17-41(43)47-45(49)33-13-9-11-29(25-33)31-21-23-37-38-24-22-32(28-40(38)36-16-4-3-15-35(36)39(37)27-31)30-12-10-14-34(26-30)46-48-42-18-6-8-20-44(42)50(46)2/h3-28H,1-2H3. The summed E-state index contributed by atoms with van der Waals surface area (Å²) in [5.41, 5.74) is 11.2. The molecule has 10 rings (SSSR count). The van der Waals surface area contributed by atoms with E-state index in [0.29, 0.717) is 0 Å². The van der Waals surface area contributed by atoms with Crippen molar-refractivity contribution in [2.45, 2.75) is 0 Å². The van der Waals surface area contributed by atoms with Gasteiger partial charge in [-0.2, -0.15) is 0 Å². The molecule has 0 aliphatic heterocycles. The van der Waals surface area contributed by atoms with Crippen LogP contribution in [-0.4, -0.2) is 19.1 Å². The van der Waals surface area contributed by atoms with Gasteiger partial charge in [-0.1, -0.05) is 109 Å². The van der Waals surface area contributed by atoms with E-state index in [9.17, 15) is 0 Å². The molecule has 0 unspecified atom stereocenters. The molecule has 0 radical (unpaired) electrons. The van der Waals surface area contributed by atoms with Crippen LogP contribution in [0.4, 0.5) is 0 Å². The van der Waals surface area contributed by atoms with E-state index in [4.69, 9.17) is 9.97 Å². The molecule has 0 N–H and O–H groups in total. The molecule has 0 spiro atoms. The van der Waals surface area contributed by atoms with E-state index in [-0.39, 0.29) is 0 Å². The molecule has 4 heteroatoms. The first-order chi connectivity index (χ1) is 24.6. The van der Waals surface area contributed by atoms with Crippen LogP contribution in [0.15, 0.2) is 158 Å². The summed E-state index contributed by atoms with van der Waals surface area (Å²) < 4.78 is 4.36. The van der Waals surface area contributed by atoms with E-state index < -0.39 is 0 Å². The number of rotatable bonds is 4. The third kappa shape index (κ3) is 4.39. The third-order valence-electron chi connectivity index (χ3n) is 10.3. The molecule has 236 valence electrons. The molecule has 0 saturated heterocycles. The third-order valence-corrected chi connectivity index (χ3v) is 10.3. The molecule has 0 bridgehead atoms. The van der Waals surface area contributed by atoms with E-state index in [0.717, 1.165) is 44.8 Å². The van der Waals surface area contributed by atoms with Gasteiger partial charge in [0.15, 0.2) is 0 Å². The highest BCUT2D eigenvalue weighted by atomic mass is 15.1. The quantitative estimate of drug-likeness (QED) is 0.179. The highest BCUT2D eigenvalue weighted by Gasteiger charge is 2.15. The Bertz CT molecular complexity index is 2740. The van der Waals surface area contributed by atoms with Crippen LogP contribution >= 0.6 is 0 Å². The Hall–Kier alpha value is -6.52. The Kier molecular flexibility index (Phi) is 6.27. The number of hydrogen-bond donors (Lipinski definition) is 0. The smallest absolute Gasteiger partial charge is 0.140 e. The predicted octanol–water partition coefficient (Wildman–Crippen LogP) is 11.6. The van der Waals surface area contributed by atoms with Crippen molar-refractivity contribution in [1.29, 1.82) is 0 Å². The summed E-state index contributed by atoms with van der Waals surface area (Å²) >= 11 is 0. The van der Waals surface area contributed by atoms with Gasteiger partial charge in [-0.15, -0.1) is 0 Å². The molecule has 0 aliphatic rings. The van der Waals surface area contributed by atoms with Crippen LogP contribution in [0.3, 0.4) is 0 Å². The molecule has 8 aromatic carbocycles. The monoisotopic (exact) mass is 640 g/mol. The second-order valence-electron chi connectivity index (χ2n) is 13.2. The first-order valence-electron chi connectivity index (χ1n) is 17.0. The summed E-state index contributed by atoms with van der Waals surface area (Å²) in [7, 11) is 4.18. The zero-order valence-electron chi connectivity index (χ0n) is 27.8. The van der Waals surface area contributed by atoms with Gasteiger partial charge in [-0.25, -0.2) is 9.97 Å². The Morgan fingerprint density at radius 1 is 0.320 bits per heavy atom. The molecule has 50 heavy (non-hydrogen) atoms. The maximum atomic E-state index is 4.96. The maximum absolute atomic E-state index is 4.96. The molecule has 2 aromatic heterocycles. The summed E-state index contributed by atoms with van der Waals surface area (Å²) in [6, 6.07) is 56.8. The lowest BCUT2D eigenvalue weighted by atomic mass is 9.90. The predicted molar refractivity (Wildman–Crippen MR) is 209 cm³/mol. The number of aryl methyl sites for hydroxylation is 2. The number of fused-ring (bicyclic) bond motifs is 8. The van der Waals surface area contributed by atoms with Gasteiger partial charge in [-0.3, -0.25) is 0 Å². The Morgan fingerprint density at radius 2 is 0.700 bits per heavy atom. The minimum atomic E-state index is 0.972. The topological polar surface area (TPSA) is 35.6 Å². The molecule has 10 aromatic rings. The van der Waals surface area contributed by atoms with Crippen LogP contribution in [0.1, 0.15) is 0 Å². The second kappa shape index (κ2) is 11.0. The molecule has 0 atom stereocenters. The lowest BCUT2D eigenvalue weighted by Crippen LogP contribution is -1.93. The lowest BCUT2D eigenvalue weighted by Gasteiger charge is -2.14. The van der Waals surface area contributed by atoms with Gasteiger partial charge in [0, 0.05) is 25.2 Å². The zero-order chi connectivity index (χ0) is 33.3. The molecular weight excluding hydrogens is 609 g/mol. The lowest BCUT2D eigenvalue weighted by molar-refractivity contribution is 0.959. The van der Waals surface area contributed by atoms with Gasteiger partial charge in [0.05, 0.1) is 22.1 Å². The number of para-hydroxylation sites is 4. The van der Waals surface area contributed by atoms with Crippen molar-refractivity contribution in [3.8, 4) is 45.0 Å². The molecule has 4 nitrogen and oxygen atoms in total. The van der Waals surface area contributed by atoms with E-state index in [2.05, 4.69) is 169 Å². The number of benzene rings is 8. The number of aromatic nitrogens is 4. The minimum Gasteiger partial charge on any atom is -0.327 e. The molecule has 2 heterocycles. The van der Waals surface area contributed by atoms with Crippen LogP contribution in [-0.2, 0) is 14.1 Å². The average molecular weight is 641 g/mol. The van der Waals surface area contributed by atoms with Crippen molar-refractivity contribution in [3.05, 3.63) is 158 Å². The molecule has 0 fully saturated rings. The van der Waals surface area contributed by atoms with Crippen molar-refractivity contribution in [3.63, 3.8) is 0 Å². The fourth-order valence-electron chi connectivity index (χ4n) is 7.80. The van der Waals surface area contributed by atoms with Crippen molar-refractivity contribution in [1.82, 2.24) is 19.1 Å². The van der Waals surface area contributed by atoms with E-state index in [1.54, 1.807) is 0 Å². The van der Waals surface area contributed by atoms with Gasteiger partial charge in [0.2, 0.25) is 0 Å². The van der Waals surface area contributed by atoms with E-state index in [1.807, 2.05) is 12.1 Å². The largest absolute Gasteiger partial charge is 0.327 e. The van der Waals surface area contributed by atoms with Crippen LogP contribution in [0.2, 0.25) is 0 Å². The van der Waals surface area contributed by atoms with Crippen molar-refractivity contribution in [2.24, 2.45) is 14.1 Å². The normalized spacial score (nSPS) is 11.8. The number of nitrogens with zero attached hydrogens (tertiary/aromatic N) is 4. The Labute approximate surface area is 289 Å². The van der Waals surface area contributed by atoms with Crippen molar-refractivity contribution < 1.29 is 0 Å². The van der Waals surface area contributed by atoms with E-state index >= 15 is 0 Å². The molecule has 0 saturated carbocycles. The van der Waals surface area contributed by atoms with Crippen LogP contribution in [0, 0.1) is 0 Å². The zero-order valence-corrected chi connectivity index (χ0v) is 27.8. The molecular formula is C46H32N4. The molecule has 0 amide bonds. The van der Waals surface area contributed by atoms with Gasteiger partial charge in [0.25, 0.3) is 0 Å². The summed E-state index contributed by atoms with van der Waals surface area (Å²) in [4.78, 5) is 9.93.